The number of nitrogens with one attached hydrogen (secondary N) is 1. The zero-order valence-electron chi connectivity index (χ0n) is 24.8. The van der Waals surface area contributed by atoms with Crippen molar-refractivity contribution in [3.63, 3.8) is 0 Å². The summed E-state index contributed by atoms with van der Waals surface area (Å²) in [7, 11) is 0. The molecule has 5 aliphatic rings. The number of aliphatic hydroxyl groups excluding tert-OH is 1. The van der Waals surface area contributed by atoms with Gasteiger partial charge in [0, 0.05) is 18.9 Å². The van der Waals surface area contributed by atoms with Crippen molar-refractivity contribution in [3.05, 3.63) is 54.4 Å². The molecule has 4 heteroatoms. The van der Waals surface area contributed by atoms with Gasteiger partial charge in [-0.3, -0.25) is 9.78 Å². The number of fused-ring (bicyclic) bond motifs is 7. The molecule has 0 aliphatic heterocycles. The average molecular weight is 531 g/mol. The van der Waals surface area contributed by atoms with E-state index in [4.69, 9.17) is 0 Å². The Bertz CT molecular complexity index is 1160. The second-order valence-electron chi connectivity index (χ2n) is 15.0. The fourth-order valence-corrected chi connectivity index (χ4v) is 11.6. The summed E-state index contributed by atoms with van der Waals surface area (Å²) in [4.78, 5) is 18.4. The standard InChI is InChI=1S/C35H50N2O2/c1-22(2)25-11-16-35(31(39)37-21-24-8-7-19-36-20-24)18-17-33(5)27(30(25)35)9-10-29-32(4)14-13-28(38)23(3)26(32)12-15-34(29,33)6/h7-8,19-20,25-30,38H,1,3,9-18,21H2,2,4-6H3,(H,37,39)/t25-,26-,27+,28-,29+,30+,32-,33+,34+,35-/m0/s1. The third kappa shape index (κ3) is 3.72. The summed E-state index contributed by atoms with van der Waals surface area (Å²) in [5, 5.41) is 14.0. The van der Waals surface area contributed by atoms with Crippen LogP contribution in [0.2, 0.25) is 0 Å². The number of aromatic nitrogens is 1. The zero-order valence-corrected chi connectivity index (χ0v) is 24.8. The Hall–Kier alpha value is -1.94. The van der Waals surface area contributed by atoms with Gasteiger partial charge in [0.1, 0.15) is 0 Å². The second kappa shape index (κ2) is 9.29. The predicted molar refractivity (Wildman–Crippen MR) is 156 cm³/mol. The van der Waals surface area contributed by atoms with E-state index in [1.807, 2.05) is 18.3 Å². The van der Waals surface area contributed by atoms with E-state index >= 15 is 0 Å². The van der Waals surface area contributed by atoms with E-state index in [0.717, 1.165) is 56.1 Å². The zero-order chi connectivity index (χ0) is 27.8. The molecule has 212 valence electrons. The molecule has 1 aromatic heterocycles. The van der Waals surface area contributed by atoms with Crippen molar-refractivity contribution in [1.29, 1.82) is 0 Å². The SMILES string of the molecule is C=C(C)[C@@H]1CC[C@]2(C(=O)NCc3cccnc3)CC[C@]3(C)[C@H](CC[C@@H]4[C@@]5(C)CC[C@H](O)C(=C)[C@@H]5CC[C@]43C)[C@@H]12. The monoisotopic (exact) mass is 530 g/mol. The predicted octanol–water partition coefficient (Wildman–Crippen LogP) is 7.25. The fourth-order valence-electron chi connectivity index (χ4n) is 11.6. The Morgan fingerprint density at radius 3 is 2.56 bits per heavy atom. The summed E-state index contributed by atoms with van der Waals surface area (Å²) in [5.74, 6) is 2.69. The number of amides is 1. The average Bonchev–Trinajstić information content (AvgIpc) is 3.32. The highest BCUT2D eigenvalue weighted by molar-refractivity contribution is 5.84. The molecule has 6 rings (SSSR count). The third-order valence-electron chi connectivity index (χ3n) is 13.8. The summed E-state index contributed by atoms with van der Waals surface area (Å²) in [6, 6.07) is 3.99. The number of rotatable bonds is 4. The second-order valence-corrected chi connectivity index (χ2v) is 15.0. The molecular weight excluding hydrogens is 480 g/mol. The molecule has 1 amide bonds. The van der Waals surface area contributed by atoms with E-state index in [-0.39, 0.29) is 33.7 Å². The molecule has 5 fully saturated rings. The van der Waals surface area contributed by atoms with Gasteiger partial charge in [-0.25, -0.2) is 0 Å². The first-order valence-electron chi connectivity index (χ1n) is 15.7. The maximum Gasteiger partial charge on any atom is 0.226 e. The molecule has 5 saturated carbocycles. The van der Waals surface area contributed by atoms with Gasteiger partial charge in [-0.2, -0.15) is 0 Å². The molecule has 0 aromatic carbocycles. The Kier molecular flexibility index (Phi) is 6.49. The summed E-state index contributed by atoms with van der Waals surface area (Å²) in [5.41, 5.74) is 3.81. The first kappa shape index (κ1) is 27.2. The highest BCUT2D eigenvalue weighted by atomic mass is 16.3. The molecular formula is C35H50N2O2. The molecule has 2 N–H and O–H groups in total. The Morgan fingerprint density at radius 2 is 1.85 bits per heavy atom. The summed E-state index contributed by atoms with van der Waals surface area (Å²) in [6.45, 7) is 19.4. The van der Waals surface area contributed by atoms with Gasteiger partial charge >= 0.3 is 0 Å². The van der Waals surface area contributed by atoms with E-state index in [1.54, 1.807) is 6.20 Å². The maximum absolute atomic E-state index is 14.2. The van der Waals surface area contributed by atoms with Crippen LogP contribution in [-0.4, -0.2) is 22.1 Å². The molecule has 0 unspecified atom stereocenters. The first-order valence-corrected chi connectivity index (χ1v) is 15.7. The van der Waals surface area contributed by atoms with Crippen molar-refractivity contribution in [2.24, 2.45) is 51.2 Å². The van der Waals surface area contributed by atoms with E-state index in [9.17, 15) is 9.90 Å². The number of pyridine rings is 1. The Labute approximate surface area is 236 Å². The summed E-state index contributed by atoms with van der Waals surface area (Å²) >= 11 is 0. The van der Waals surface area contributed by atoms with Crippen molar-refractivity contribution in [3.8, 4) is 0 Å². The maximum atomic E-state index is 14.2. The molecule has 10 atom stereocenters. The smallest absolute Gasteiger partial charge is 0.226 e. The number of hydrogen-bond acceptors (Lipinski definition) is 3. The summed E-state index contributed by atoms with van der Waals surface area (Å²) in [6.07, 6.45) is 14.3. The van der Waals surface area contributed by atoms with Gasteiger partial charge in [0.15, 0.2) is 0 Å². The lowest BCUT2D eigenvalue weighted by Gasteiger charge is -2.71. The topological polar surface area (TPSA) is 62.2 Å². The quantitative estimate of drug-likeness (QED) is 0.403. The van der Waals surface area contributed by atoms with Crippen molar-refractivity contribution in [2.75, 3.05) is 0 Å². The van der Waals surface area contributed by atoms with Gasteiger partial charge < -0.3 is 10.4 Å². The normalized spacial score (nSPS) is 46.8. The lowest BCUT2D eigenvalue weighted by atomic mass is 9.33. The first-order chi connectivity index (χ1) is 18.5. The van der Waals surface area contributed by atoms with Gasteiger partial charge in [-0.15, -0.1) is 0 Å². The van der Waals surface area contributed by atoms with Crippen molar-refractivity contribution >= 4 is 5.91 Å². The number of carbonyl (C=O) groups excluding carboxylic acids is 1. The van der Waals surface area contributed by atoms with Crippen LogP contribution in [0.15, 0.2) is 48.8 Å². The van der Waals surface area contributed by atoms with E-state index in [1.165, 1.54) is 24.8 Å². The molecule has 5 aliphatic carbocycles. The Balaban J connectivity index is 1.33. The molecule has 0 bridgehead atoms. The highest BCUT2D eigenvalue weighted by Gasteiger charge is 2.70. The minimum atomic E-state index is -0.324. The van der Waals surface area contributed by atoms with Gasteiger partial charge in [-0.1, -0.05) is 45.6 Å². The van der Waals surface area contributed by atoms with Crippen molar-refractivity contribution < 1.29 is 9.90 Å². The fraction of sp³-hybridized carbons (Fsp3) is 0.714. The molecule has 1 heterocycles. The molecule has 0 spiro atoms. The summed E-state index contributed by atoms with van der Waals surface area (Å²) < 4.78 is 0. The molecule has 0 radical (unpaired) electrons. The molecule has 1 aromatic rings. The van der Waals surface area contributed by atoms with Crippen molar-refractivity contribution in [1.82, 2.24) is 10.3 Å². The lowest BCUT2D eigenvalue weighted by molar-refractivity contribution is -0.220. The third-order valence-corrected chi connectivity index (χ3v) is 13.8. The van der Waals surface area contributed by atoms with Crippen LogP contribution in [0.4, 0.5) is 0 Å². The highest BCUT2D eigenvalue weighted by Crippen LogP contribution is 2.76. The van der Waals surface area contributed by atoms with Crippen LogP contribution in [0, 0.1) is 51.2 Å². The number of allylic oxidation sites excluding steroid dienone is 1. The molecule has 4 nitrogen and oxygen atoms in total. The van der Waals surface area contributed by atoms with Crippen LogP contribution in [0.3, 0.4) is 0 Å². The molecule has 39 heavy (non-hydrogen) atoms. The number of nitrogens with zero attached hydrogens (tertiary/aromatic N) is 1. The van der Waals surface area contributed by atoms with Crippen LogP contribution >= 0.6 is 0 Å². The van der Waals surface area contributed by atoms with Crippen LogP contribution in [0.25, 0.3) is 0 Å². The van der Waals surface area contributed by atoms with Gasteiger partial charge in [0.05, 0.1) is 11.5 Å². The van der Waals surface area contributed by atoms with Crippen LogP contribution in [-0.2, 0) is 11.3 Å². The van der Waals surface area contributed by atoms with Crippen LogP contribution in [0.5, 0.6) is 0 Å². The van der Waals surface area contributed by atoms with Crippen LogP contribution in [0.1, 0.15) is 97.5 Å². The van der Waals surface area contributed by atoms with Gasteiger partial charge in [0.25, 0.3) is 0 Å². The Morgan fingerprint density at radius 1 is 1.05 bits per heavy atom. The van der Waals surface area contributed by atoms with E-state index in [0.29, 0.717) is 36.1 Å². The minimum Gasteiger partial charge on any atom is -0.389 e. The largest absolute Gasteiger partial charge is 0.389 e. The van der Waals surface area contributed by atoms with E-state index < -0.39 is 0 Å². The van der Waals surface area contributed by atoms with Crippen LogP contribution < -0.4 is 5.32 Å². The lowest BCUT2D eigenvalue weighted by Crippen LogP contribution is -2.65. The molecule has 0 saturated heterocycles. The number of hydrogen-bond donors (Lipinski definition) is 2. The minimum absolute atomic E-state index is 0.205. The number of carbonyl (C=O) groups is 1. The van der Waals surface area contributed by atoms with Gasteiger partial charge in [0.2, 0.25) is 5.91 Å². The number of aliphatic hydroxyl groups is 1. The van der Waals surface area contributed by atoms with Crippen molar-refractivity contribution in [2.45, 2.75) is 105 Å². The van der Waals surface area contributed by atoms with Gasteiger partial charge in [-0.05, 0) is 134 Å². The van der Waals surface area contributed by atoms with E-state index in [2.05, 4.69) is 51.2 Å².